The summed E-state index contributed by atoms with van der Waals surface area (Å²) in [6.07, 6.45) is 0.771. The van der Waals surface area contributed by atoms with E-state index in [1.54, 1.807) is 6.07 Å². The fraction of sp³-hybridized carbons (Fsp3) is 0.393. The number of nitrogens with zero attached hydrogens (tertiary/aromatic N) is 2. The number of rotatable bonds is 6. The first-order valence-electron chi connectivity index (χ1n) is 12.8. The highest BCUT2D eigenvalue weighted by atomic mass is 19.4. The van der Waals surface area contributed by atoms with Gasteiger partial charge in [-0.15, -0.1) is 0 Å². The van der Waals surface area contributed by atoms with Crippen molar-refractivity contribution < 1.29 is 23.1 Å². The number of carbonyl (C=O) groups excluding carboxylic acids is 1. The number of benzene rings is 2. The van der Waals surface area contributed by atoms with Crippen LogP contribution in [-0.4, -0.2) is 39.7 Å². The maximum absolute atomic E-state index is 13.5. The van der Waals surface area contributed by atoms with Crippen LogP contribution in [0.25, 0.3) is 11.3 Å². The van der Waals surface area contributed by atoms with Crippen LogP contribution in [0.1, 0.15) is 42.9 Å². The number of carbonyl (C=O) groups is 1. The van der Waals surface area contributed by atoms with E-state index in [1.165, 1.54) is 18.0 Å². The van der Waals surface area contributed by atoms with Crippen molar-refractivity contribution in [1.82, 2.24) is 15.3 Å². The van der Waals surface area contributed by atoms with Gasteiger partial charge in [-0.2, -0.15) is 13.2 Å². The average molecular weight is 526 g/mol. The van der Waals surface area contributed by atoms with Crippen LogP contribution in [0.4, 0.5) is 30.4 Å². The van der Waals surface area contributed by atoms with Gasteiger partial charge in [-0.1, -0.05) is 18.2 Å². The minimum absolute atomic E-state index is 0.0405. The molecule has 3 aromatic rings. The highest BCUT2D eigenvalue weighted by Crippen LogP contribution is 2.37. The summed E-state index contributed by atoms with van der Waals surface area (Å²) in [5, 5.41) is 18.8. The number of fused-ring (bicyclic) bond motifs is 1. The van der Waals surface area contributed by atoms with E-state index in [-0.39, 0.29) is 30.2 Å². The quantitative estimate of drug-likeness (QED) is 0.358. The van der Waals surface area contributed by atoms with Crippen LogP contribution in [0.3, 0.4) is 0 Å². The standard InChI is InChI=1S/C28H30F3N5O2/c1-16-5-10-23(34-16)27(38)36-25-12-19(28(29,30)31)8-9-20(25)24-13-26(33-15-32-24)35-22-4-2-3-18-7-6-17(14-37)11-21(18)22/h2-4,8-9,12-13,15-17,23,34,37H,5-7,10-11,14H2,1H3,(H,36,38)(H,32,33,35)/t16?,17?,23-/m0/s1. The lowest BCUT2D eigenvalue weighted by atomic mass is 9.83. The van der Waals surface area contributed by atoms with Gasteiger partial charge < -0.3 is 21.1 Å². The fourth-order valence-electron chi connectivity index (χ4n) is 5.24. The zero-order valence-electron chi connectivity index (χ0n) is 21.0. The van der Waals surface area contributed by atoms with Gasteiger partial charge in [0.2, 0.25) is 5.91 Å². The molecule has 10 heteroatoms. The summed E-state index contributed by atoms with van der Waals surface area (Å²) >= 11 is 0. The van der Waals surface area contributed by atoms with Gasteiger partial charge in [0, 0.05) is 30.0 Å². The van der Waals surface area contributed by atoms with Crippen molar-refractivity contribution in [3.8, 4) is 11.3 Å². The number of aliphatic hydroxyl groups excluding tert-OH is 1. The Morgan fingerprint density at radius 2 is 1.95 bits per heavy atom. The fourth-order valence-corrected chi connectivity index (χ4v) is 5.24. The topological polar surface area (TPSA) is 99.2 Å². The van der Waals surface area contributed by atoms with Crippen LogP contribution in [0, 0.1) is 5.92 Å². The van der Waals surface area contributed by atoms with Crippen LogP contribution < -0.4 is 16.0 Å². The van der Waals surface area contributed by atoms with E-state index in [0.717, 1.165) is 49.1 Å². The summed E-state index contributed by atoms with van der Waals surface area (Å²) in [6.45, 7) is 2.09. The molecular formula is C28H30F3N5O2. The maximum Gasteiger partial charge on any atom is 0.416 e. The molecule has 0 spiro atoms. The summed E-state index contributed by atoms with van der Waals surface area (Å²) in [7, 11) is 0. The third-order valence-electron chi connectivity index (χ3n) is 7.35. The van der Waals surface area contributed by atoms with Crippen molar-refractivity contribution >= 4 is 23.1 Å². The van der Waals surface area contributed by atoms with E-state index in [2.05, 4.69) is 32.0 Å². The molecule has 4 N–H and O–H groups in total. The SMILES string of the molecule is CC1CC[C@@H](C(=O)Nc2cc(C(F)(F)F)ccc2-c2cc(Nc3cccc4c3CC(CO)CC4)ncn2)N1. The van der Waals surface area contributed by atoms with Crippen LogP contribution in [0.5, 0.6) is 0 Å². The molecule has 0 saturated carbocycles. The summed E-state index contributed by atoms with van der Waals surface area (Å²) in [5.74, 6) is 0.289. The molecule has 200 valence electrons. The number of aryl methyl sites for hydroxylation is 1. The number of hydrogen-bond acceptors (Lipinski definition) is 6. The Morgan fingerprint density at radius 3 is 2.68 bits per heavy atom. The number of nitrogens with one attached hydrogen (secondary N) is 3. The Labute approximate surface area is 218 Å². The van der Waals surface area contributed by atoms with Gasteiger partial charge in [0.05, 0.1) is 23.0 Å². The second-order valence-corrected chi connectivity index (χ2v) is 10.1. The molecule has 5 rings (SSSR count). The molecular weight excluding hydrogens is 495 g/mol. The van der Waals surface area contributed by atoms with Crippen LogP contribution in [-0.2, 0) is 23.8 Å². The van der Waals surface area contributed by atoms with Crippen molar-refractivity contribution in [3.05, 3.63) is 65.5 Å². The number of amides is 1. The Balaban J connectivity index is 1.46. The van der Waals surface area contributed by atoms with Crippen molar-refractivity contribution in [3.63, 3.8) is 0 Å². The second-order valence-electron chi connectivity index (χ2n) is 10.1. The largest absolute Gasteiger partial charge is 0.416 e. The molecule has 1 aliphatic heterocycles. The Morgan fingerprint density at radius 1 is 1.11 bits per heavy atom. The van der Waals surface area contributed by atoms with E-state index in [9.17, 15) is 23.1 Å². The molecule has 1 fully saturated rings. The lowest BCUT2D eigenvalue weighted by Crippen LogP contribution is -2.38. The predicted molar refractivity (Wildman–Crippen MR) is 139 cm³/mol. The molecule has 1 aliphatic carbocycles. The van der Waals surface area contributed by atoms with Crippen LogP contribution in [0.2, 0.25) is 0 Å². The molecule has 0 radical (unpaired) electrons. The zero-order valence-corrected chi connectivity index (χ0v) is 21.0. The van der Waals surface area contributed by atoms with Crippen molar-refractivity contribution in [1.29, 1.82) is 0 Å². The van der Waals surface area contributed by atoms with E-state index < -0.39 is 17.8 Å². The van der Waals surface area contributed by atoms with Gasteiger partial charge in [0.15, 0.2) is 0 Å². The van der Waals surface area contributed by atoms with Gasteiger partial charge in [-0.3, -0.25) is 4.79 Å². The summed E-state index contributed by atoms with van der Waals surface area (Å²) in [4.78, 5) is 21.5. The van der Waals surface area contributed by atoms with Crippen LogP contribution in [0.15, 0.2) is 48.8 Å². The minimum Gasteiger partial charge on any atom is -0.396 e. The molecule has 1 saturated heterocycles. The normalized spacial score (nSPS) is 21.1. The first kappa shape index (κ1) is 26.1. The molecule has 2 unspecified atom stereocenters. The number of alkyl halides is 3. The summed E-state index contributed by atoms with van der Waals surface area (Å²) in [6, 6.07) is 10.6. The van der Waals surface area contributed by atoms with Gasteiger partial charge in [0.25, 0.3) is 0 Å². The number of aromatic nitrogens is 2. The molecule has 2 aromatic carbocycles. The Hall–Kier alpha value is -3.50. The van der Waals surface area contributed by atoms with Gasteiger partial charge in [-0.05, 0) is 74.3 Å². The molecule has 2 heterocycles. The van der Waals surface area contributed by atoms with E-state index in [4.69, 9.17) is 0 Å². The highest BCUT2D eigenvalue weighted by Gasteiger charge is 2.32. The van der Waals surface area contributed by atoms with Crippen LogP contribution >= 0.6 is 0 Å². The number of anilines is 3. The van der Waals surface area contributed by atoms with E-state index in [0.29, 0.717) is 23.5 Å². The third-order valence-corrected chi connectivity index (χ3v) is 7.35. The van der Waals surface area contributed by atoms with E-state index in [1.807, 2.05) is 19.1 Å². The Bertz CT molecular complexity index is 1330. The van der Waals surface area contributed by atoms with Crippen molar-refractivity contribution in [2.45, 2.75) is 57.3 Å². The molecule has 3 atom stereocenters. The minimum atomic E-state index is -4.56. The summed E-state index contributed by atoms with van der Waals surface area (Å²) in [5.41, 5.74) is 3.13. The lowest BCUT2D eigenvalue weighted by Gasteiger charge is -2.25. The van der Waals surface area contributed by atoms with Crippen molar-refractivity contribution in [2.75, 3.05) is 17.2 Å². The number of hydrogen-bond donors (Lipinski definition) is 4. The van der Waals surface area contributed by atoms with Gasteiger partial charge >= 0.3 is 6.18 Å². The number of aliphatic hydroxyl groups is 1. The highest BCUT2D eigenvalue weighted by molar-refractivity contribution is 5.98. The van der Waals surface area contributed by atoms with Crippen molar-refractivity contribution in [2.24, 2.45) is 5.92 Å². The smallest absolute Gasteiger partial charge is 0.396 e. The molecule has 7 nitrogen and oxygen atoms in total. The molecule has 0 bridgehead atoms. The molecule has 1 amide bonds. The van der Waals surface area contributed by atoms with Gasteiger partial charge in [0.1, 0.15) is 12.1 Å². The van der Waals surface area contributed by atoms with E-state index >= 15 is 0 Å². The third kappa shape index (κ3) is 5.66. The predicted octanol–water partition coefficient (Wildman–Crippen LogP) is 5.08. The van der Waals surface area contributed by atoms with Gasteiger partial charge in [-0.25, -0.2) is 9.97 Å². The number of halogens is 3. The second kappa shape index (κ2) is 10.7. The Kier molecular flexibility index (Phi) is 7.36. The monoisotopic (exact) mass is 525 g/mol. The zero-order chi connectivity index (χ0) is 26.9. The molecule has 2 aliphatic rings. The summed E-state index contributed by atoms with van der Waals surface area (Å²) < 4.78 is 40.5. The first-order chi connectivity index (χ1) is 18.2. The molecule has 38 heavy (non-hydrogen) atoms. The molecule has 1 aromatic heterocycles. The lowest BCUT2D eigenvalue weighted by molar-refractivity contribution is -0.137. The maximum atomic E-state index is 13.5. The first-order valence-corrected chi connectivity index (χ1v) is 12.8. The average Bonchev–Trinajstić information content (AvgIpc) is 3.34.